The molecule has 0 spiro atoms. The van der Waals surface area contributed by atoms with Crippen molar-refractivity contribution in [2.45, 2.75) is 91.3 Å². The van der Waals surface area contributed by atoms with Gasteiger partial charge in [0, 0.05) is 0 Å². The third kappa shape index (κ3) is 5.13. The molecule has 33 heavy (non-hydrogen) atoms. The standard InChI is InChI=1S/C27H49GeNSi4/c1-30(2,3)26(31(4,5)6)28(27(32(7,8)9)33(10,11)12)24-21-17-16-20-23(24)25(29-28)22-18-14-13-15-19-22/h13-21,24,26-27,29H,1-12H3. The van der Waals surface area contributed by atoms with Gasteiger partial charge in [0.05, 0.1) is 0 Å². The Morgan fingerprint density at radius 1 is 0.667 bits per heavy atom. The average Bonchev–Trinajstić information content (AvgIpc) is 2.92. The van der Waals surface area contributed by atoms with Gasteiger partial charge < -0.3 is 0 Å². The Hall–Kier alpha value is -0.350. The average molecular weight is 573 g/mol. The molecule has 2 aliphatic rings. The van der Waals surface area contributed by atoms with Crippen LogP contribution in [0.4, 0.5) is 0 Å². The van der Waals surface area contributed by atoms with Crippen LogP contribution in [-0.4, -0.2) is 45.8 Å². The van der Waals surface area contributed by atoms with E-state index in [-0.39, 0.29) is 0 Å². The number of allylic oxidation sites excluding steroid dienone is 5. The van der Waals surface area contributed by atoms with Gasteiger partial charge >= 0.3 is 213 Å². The molecule has 6 heteroatoms. The van der Waals surface area contributed by atoms with Crippen LogP contribution in [0.5, 0.6) is 0 Å². The summed E-state index contributed by atoms with van der Waals surface area (Å²) in [5, 5.41) is 0. The molecular weight excluding hydrogens is 523 g/mol. The molecule has 1 aliphatic heterocycles. The minimum atomic E-state index is -2.82. The zero-order valence-corrected chi connectivity index (χ0v) is 29.5. The molecule has 1 heterocycles. The van der Waals surface area contributed by atoms with Gasteiger partial charge in [0.15, 0.2) is 0 Å². The van der Waals surface area contributed by atoms with Crippen LogP contribution in [0.2, 0.25) is 91.3 Å². The molecule has 1 unspecified atom stereocenters. The number of benzene rings is 1. The van der Waals surface area contributed by atoms with Crippen molar-refractivity contribution in [3.05, 3.63) is 65.8 Å². The molecule has 182 valence electrons. The van der Waals surface area contributed by atoms with E-state index in [0.717, 1.165) is 7.99 Å². The van der Waals surface area contributed by atoms with E-state index in [4.69, 9.17) is 4.27 Å². The van der Waals surface area contributed by atoms with E-state index >= 15 is 0 Å². The SMILES string of the molecule is C[Si](C)(C)[CH]([Si](C)(C)C)[Ge]1([CH]([Si](C)(C)C)[Si](C)(C)C)[NH]C(c2ccccc2)=C2C=CC=C[CH]21. The molecule has 1 aromatic carbocycles. The van der Waals surface area contributed by atoms with Crippen LogP contribution in [0, 0.1) is 0 Å². The number of hydrogen-bond donors (Lipinski definition) is 1. The van der Waals surface area contributed by atoms with Gasteiger partial charge in [-0.3, -0.25) is 0 Å². The van der Waals surface area contributed by atoms with E-state index in [1.54, 1.807) is 5.57 Å². The summed E-state index contributed by atoms with van der Waals surface area (Å²) in [7, 11) is -5.78. The van der Waals surface area contributed by atoms with Crippen LogP contribution >= 0.6 is 0 Å². The van der Waals surface area contributed by atoms with Crippen molar-refractivity contribution < 1.29 is 0 Å². The van der Waals surface area contributed by atoms with E-state index < -0.39 is 45.8 Å². The number of rotatable bonds is 7. The molecule has 0 amide bonds. The van der Waals surface area contributed by atoms with E-state index in [2.05, 4.69) is 133 Å². The zero-order chi connectivity index (χ0) is 25.0. The topological polar surface area (TPSA) is 12.0 Å². The second kappa shape index (κ2) is 8.95. The fourth-order valence-corrected chi connectivity index (χ4v) is 90.4. The van der Waals surface area contributed by atoms with E-state index in [9.17, 15) is 0 Å². The van der Waals surface area contributed by atoms with Crippen LogP contribution < -0.4 is 4.27 Å². The molecule has 1 N–H and O–H groups in total. The summed E-state index contributed by atoms with van der Waals surface area (Å²) in [4.78, 5) is 0. The van der Waals surface area contributed by atoms with Crippen LogP contribution in [0.25, 0.3) is 5.70 Å². The number of nitrogens with one attached hydrogen (secondary N) is 1. The van der Waals surface area contributed by atoms with Crippen molar-refractivity contribution in [2.75, 3.05) is 0 Å². The van der Waals surface area contributed by atoms with Crippen molar-refractivity contribution in [1.29, 1.82) is 0 Å². The first kappa shape index (κ1) is 27.2. The van der Waals surface area contributed by atoms with Gasteiger partial charge in [0.25, 0.3) is 0 Å². The Balaban J connectivity index is 2.43. The van der Waals surface area contributed by atoms with Gasteiger partial charge in [-0.15, -0.1) is 0 Å². The third-order valence-corrected chi connectivity index (χ3v) is 65.4. The summed E-state index contributed by atoms with van der Waals surface area (Å²) in [5.41, 5.74) is 4.51. The van der Waals surface area contributed by atoms with E-state index in [1.807, 2.05) is 0 Å². The summed E-state index contributed by atoms with van der Waals surface area (Å²) in [6, 6.07) is 11.3. The molecule has 0 radical (unpaired) electrons. The van der Waals surface area contributed by atoms with Crippen molar-refractivity contribution >= 4 is 51.5 Å². The van der Waals surface area contributed by atoms with Crippen molar-refractivity contribution in [1.82, 2.24) is 4.27 Å². The van der Waals surface area contributed by atoms with Crippen molar-refractivity contribution in [3.63, 3.8) is 0 Å². The quantitative estimate of drug-likeness (QED) is 0.322. The first-order valence-corrected chi connectivity index (χ1v) is 31.8. The Bertz CT molecular complexity index is 893. The Morgan fingerprint density at radius 3 is 1.55 bits per heavy atom. The summed E-state index contributed by atoms with van der Waals surface area (Å²) < 4.78 is 7.27. The molecular formula is C27H49GeNSi4. The van der Waals surface area contributed by atoms with Crippen LogP contribution in [0.3, 0.4) is 0 Å². The zero-order valence-electron chi connectivity index (χ0n) is 23.4. The molecule has 1 atom stereocenters. The predicted octanol–water partition coefficient (Wildman–Crippen LogP) is 8.69. The van der Waals surface area contributed by atoms with Crippen LogP contribution in [0.1, 0.15) is 5.56 Å². The summed E-state index contributed by atoms with van der Waals surface area (Å²) >= 11 is -2.82. The monoisotopic (exact) mass is 573 g/mol. The Morgan fingerprint density at radius 2 is 1.12 bits per heavy atom. The minimum absolute atomic E-state index is 0.650. The fourth-order valence-electron chi connectivity index (χ4n) is 8.54. The Labute approximate surface area is 211 Å². The second-order valence-electron chi connectivity index (χ2n) is 14.8. The number of hydrogen-bond acceptors (Lipinski definition) is 1. The van der Waals surface area contributed by atoms with Gasteiger partial charge in [-0.1, -0.05) is 0 Å². The van der Waals surface area contributed by atoms with E-state index in [1.165, 1.54) is 11.3 Å². The molecule has 1 aromatic rings. The molecule has 1 nitrogen and oxygen atoms in total. The predicted molar refractivity (Wildman–Crippen MR) is 165 cm³/mol. The first-order chi connectivity index (χ1) is 14.9. The molecule has 0 bridgehead atoms. The van der Waals surface area contributed by atoms with Crippen LogP contribution in [0.15, 0.2) is 60.2 Å². The number of fused-ring (bicyclic) bond motifs is 1. The normalized spacial score (nSPS) is 21.1. The summed E-state index contributed by atoms with van der Waals surface area (Å²) in [6.45, 7) is 32.5. The molecule has 0 saturated carbocycles. The maximum atomic E-state index is 4.69. The van der Waals surface area contributed by atoms with Gasteiger partial charge in [-0.05, 0) is 0 Å². The van der Waals surface area contributed by atoms with Crippen LogP contribution in [-0.2, 0) is 0 Å². The summed E-state index contributed by atoms with van der Waals surface area (Å²) in [5.74, 6) is 0. The van der Waals surface area contributed by atoms with Crippen molar-refractivity contribution in [2.24, 2.45) is 0 Å². The Kier molecular flexibility index (Phi) is 7.39. The third-order valence-electron chi connectivity index (χ3n) is 7.65. The van der Waals surface area contributed by atoms with E-state index in [0.29, 0.717) is 4.75 Å². The molecule has 0 fully saturated rings. The molecule has 0 aromatic heterocycles. The molecule has 3 rings (SSSR count). The summed E-state index contributed by atoms with van der Waals surface area (Å²) in [6.07, 6.45) is 9.83. The maximum absolute atomic E-state index is 4.69. The second-order valence-corrected chi connectivity index (χ2v) is 50.2. The molecule has 1 aliphatic carbocycles. The van der Waals surface area contributed by atoms with Gasteiger partial charge in [-0.2, -0.15) is 0 Å². The first-order valence-electron chi connectivity index (χ1n) is 12.8. The molecule has 0 saturated heterocycles. The van der Waals surface area contributed by atoms with Crippen molar-refractivity contribution in [3.8, 4) is 0 Å². The van der Waals surface area contributed by atoms with Gasteiger partial charge in [0.1, 0.15) is 0 Å². The van der Waals surface area contributed by atoms with Gasteiger partial charge in [0.2, 0.25) is 0 Å². The van der Waals surface area contributed by atoms with Gasteiger partial charge in [-0.25, -0.2) is 0 Å². The fraction of sp³-hybridized carbons (Fsp3) is 0.556.